The largest absolute Gasteiger partial charge is 0.342 e. The van der Waals surface area contributed by atoms with Crippen LogP contribution >= 0.6 is 11.8 Å². The summed E-state index contributed by atoms with van der Waals surface area (Å²) in [6, 6.07) is 0. The van der Waals surface area contributed by atoms with E-state index in [0.717, 1.165) is 37.6 Å². The molecular formula is C17H23N5OS. The van der Waals surface area contributed by atoms with E-state index in [1.807, 2.05) is 11.5 Å². The van der Waals surface area contributed by atoms with E-state index in [9.17, 15) is 4.79 Å². The summed E-state index contributed by atoms with van der Waals surface area (Å²) in [7, 11) is 1.77. The molecule has 0 aliphatic carbocycles. The van der Waals surface area contributed by atoms with E-state index in [-0.39, 0.29) is 5.56 Å². The van der Waals surface area contributed by atoms with Crippen LogP contribution in [0.1, 0.15) is 33.1 Å². The molecule has 0 N–H and O–H groups in total. The van der Waals surface area contributed by atoms with Crippen LogP contribution in [-0.4, -0.2) is 37.9 Å². The van der Waals surface area contributed by atoms with E-state index in [2.05, 4.69) is 28.6 Å². The molecule has 1 saturated heterocycles. The van der Waals surface area contributed by atoms with Crippen LogP contribution in [0.25, 0.3) is 11.2 Å². The topological polar surface area (TPSA) is 56.0 Å². The first-order chi connectivity index (χ1) is 11.7. The van der Waals surface area contributed by atoms with Crippen molar-refractivity contribution in [3.8, 4) is 11.8 Å². The number of thioether (sulfide) groups is 1. The number of nitrogens with zero attached hydrogens (tertiary/aromatic N) is 5. The van der Waals surface area contributed by atoms with E-state index in [0.29, 0.717) is 22.9 Å². The van der Waals surface area contributed by atoms with Crippen molar-refractivity contribution in [1.82, 2.24) is 19.1 Å². The third-order valence-corrected chi connectivity index (χ3v) is 5.16. The van der Waals surface area contributed by atoms with Crippen LogP contribution in [0.2, 0.25) is 0 Å². The summed E-state index contributed by atoms with van der Waals surface area (Å²) in [4.78, 5) is 24.5. The van der Waals surface area contributed by atoms with Crippen LogP contribution in [0.15, 0.2) is 9.95 Å². The Bertz CT molecular complexity index is 852. The molecule has 6 nitrogen and oxygen atoms in total. The molecule has 0 unspecified atom stereocenters. The van der Waals surface area contributed by atoms with E-state index in [1.165, 1.54) is 6.42 Å². The van der Waals surface area contributed by atoms with Gasteiger partial charge in [-0.1, -0.05) is 24.6 Å². The quantitative estimate of drug-likeness (QED) is 0.483. The highest BCUT2D eigenvalue weighted by Crippen LogP contribution is 2.24. The Morgan fingerprint density at radius 2 is 1.96 bits per heavy atom. The zero-order chi connectivity index (χ0) is 17.1. The summed E-state index contributed by atoms with van der Waals surface area (Å²) in [6.07, 6.45) is 3.57. The van der Waals surface area contributed by atoms with Crippen LogP contribution in [0, 0.1) is 11.8 Å². The molecule has 128 valence electrons. The van der Waals surface area contributed by atoms with Gasteiger partial charge in [-0.15, -0.1) is 5.92 Å². The number of fused-ring (bicyclic) bond motifs is 1. The second-order valence-corrected chi connectivity index (χ2v) is 7.07. The van der Waals surface area contributed by atoms with Gasteiger partial charge in [-0.25, -0.2) is 4.98 Å². The number of piperidine rings is 1. The first kappa shape index (κ1) is 16.9. The normalized spacial score (nSPS) is 14.7. The monoisotopic (exact) mass is 345 g/mol. The Morgan fingerprint density at radius 3 is 2.62 bits per heavy atom. The highest BCUT2D eigenvalue weighted by molar-refractivity contribution is 7.99. The summed E-state index contributed by atoms with van der Waals surface area (Å²) < 4.78 is 3.56. The lowest BCUT2D eigenvalue weighted by molar-refractivity contribution is 0.561. The van der Waals surface area contributed by atoms with Crippen LogP contribution in [-0.2, 0) is 13.6 Å². The van der Waals surface area contributed by atoms with E-state index >= 15 is 0 Å². The smallest absolute Gasteiger partial charge is 0.280 e. The number of anilines is 1. The lowest BCUT2D eigenvalue weighted by atomic mass is 10.1. The predicted molar refractivity (Wildman–Crippen MR) is 98.7 cm³/mol. The van der Waals surface area contributed by atoms with Crippen molar-refractivity contribution in [2.45, 2.75) is 44.8 Å². The van der Waals surface area contributed by atoms with Gasteiger partial charge < -0.3 is 4.90 Å². The van der Waals surface area contributed by atoms with Crippen LogP contribution < -0.4 is 10.5 Å². The lowest BCUT2D eigenvalue weighted by Crippen LogP contribution is -2.32. The van der Waals surface area contributed by atoms with Crippen molar-refractivity contribution < 1.29 is 0 Å². The number of hydrogen-bond acceptors (Lipinski definition) is 5. The van der Waals surface area contributed by atoms with E-state index in [1.54, 1.807) is 23.4 Å². The SMILES string of the molecule is CC#CCn1c(N2CCCCC2)nc2nc(SCC)n(C)c(=O)c21. The lowest BCUT2D eigenvalue weighted by Gasteiger charge is -2.27. The Hall–Kier alpha value is -1.94. The Morgan fingerprint density at radius 1 is 1.21 bits per heavy atom. The Kier molecular flexibility index (Phi) is 5.14. The maximum absolute atomic E-state index is 12.9. The average molecular weight is 345 g/mol. The van der Waals surface area contributed by atoms with Gasteiger partial charge in [-0.05, 0) is 31.9 Å². The molecule has 2 aromatic heterocycles. The van der Waals surface area contributed by atoms with Crippen LogP contribution in [0.3, 0.4) is 0 Å². The first-order valence-corrected chi connectivity index (χ1v) is 9.40. The fourth-order valence-electron chi connectivity index (χ4n) is 3.03. The maximum Gasteiger partial charge on any atom is 0.280 e. The molecule has 24 heavy (non-hydrogen) atoms. The minimum Gasteiger partial charge on any atom is -0.342 e. The summed E-state index contributed by atoms with van der Waals surface area (Å²) in [5.41, 5.74) is 1.04. The van der Waals surface area contributed by atoms with Crippen molar-refractivity contribution in [2.24, 2.45) is 7.05 Å². The molecule has 0 radical (unpaired) electrons. The minimum atomic E-state index is -0.0513. The number of imidazole rings is 1. The fourth-order valence-corrected chi connectivity index (χ4v) is 3.72. The predicted octanol–water partition coefficient (Wildman–Crippen LogP) is 2.26. The number of hydrogen-bond donors (Lipinski definition) is 0. The summed E-state index contributed by atoms with van der Waals surface area (Å²) in [5.74, 6) is 7.69. The zero-order valence-corrected chi connectivity index (χ0v) is 15.3. The number of rotatable bonds is 4. The Labute approximate surface area is 146 Å². The van der Waals surface area contributed by atoms with Crippen molar-refractivity contribution in [1.29, 1.82) is 0 Å². The van der Waals surface area contributed by atoms with E-state index < -0.39 is 0 Å². The summed E-state index contributed by atoms with van der Waals surface area (Å²) >= 11 is 1.56. The maximum atomic E-state index is 12.9. The van der Waals surface area contributed by atoms with Crippen molar-refractivity contribution in [2.75, 3.05) is 23.7 Å². The van der Waals surface area contributed by atoms with E-state index in [4.69, 9.17) is 4.98 Å². The molecule has 0 saturated carbocycles. The molecule has 7 heteroatoms. The molecule has 1 fully saturated rings. The zero-order valence-electron chi connectivity index (χ0n) is 14.5. The molecule has 0 spiro atoms. The first-order valence-electron chi connectivity index (χ1n) is 8.42. The average Bonchev–Trinajstić information content (AvgIpc) is 2.97. The van der Waals surface area contributed by atoms with Crippen molar-refractivity contribution in [3.63, 3.8) is 0 Å². The van der Waals surface area contributed by atoms with Gasteiger partial charge in [0.1, 0.15) is 0 Å². The molecule has 2 aromatic rings. The van der Waals surface area contributed by atoms with Gasteiger partial charge in [-0.2, -0.15) is 4.98 Å². The fraction of sp³-hybridized carbons (Fsp3) is 0.588. The third-order valence-electron chi connectivity index (χ3n) is 4.25. The van der Waals surface area contributed by atoms with Gasteiger partial charge in [0.15, 0.2) is 16.3 Å². The second-order valence-electron chi connectivity index (χ2n) is 5.84. The van der Waals surface area contributed by atoms with Crippen molar-refractivity contribution >= 4 is 28.9 Å². The molecule has 1 aliphatic rings. The molecule has 0 atom stereocenters. The second kappa shape index (κ2) is 7.31. The van der Waals surface area contributed by atoms with Gasteiger partial charge in [0, 0.05) is 20.1 Å². The molecule has 0 bridgehead atoms. The van der Waals surface area contributed by atoms with Gasteiger partial charge in [0.05, 0.1) is 6.54 Å². The van der Waals surface area contributed by atoms with Crippen LogP contribution in [0.5, 0.6) is 0 Å². The van der Waals surface area contributed by atoms with Gasteiger partial charge in [-0.3, -0.25) is 13.9 Å². The van der Waals surface area contributed by atoms with Gasteiger partial charge >= 0.3 is 0 Å². The van der Waals surface area contributed by atoms with Crippen LogP contribution in [0.4, 0.5) is 5.95 Å². The van der Waals surface area contributed by atoms with Crippen molar-refractivity contribution in [3.05, 3.63) is 10.4 Å². The summed E-state index contributed by atoms with van der Waals surface area (Å²) in [5, 5.41) is 0.714. The highest BCUT2D eigenvalue weighted by Gasteiger charge is 2.22. The highest BCUT2D eigenvalue weighted by atomic mass is 32.2. The van der Waals surface area contributed by atoms with Gasteiger partial charge in [0.2, 0.25) is 5.95 Å². The third kappa shape index (κ3) is 3.03. The molecule has 0 amide bonds. The molecule has 1 aliphatic heterocycles. The molecule has 0 aromatic carbocycles. The molecule has 3 rings (SSSR count). The Balaban J connectivity index is 2.20. The standard InChI is InChI=1S/C17H23N5OS/c1-4-6-12-22-13-14(18-16(22)21-10-8-7-9-11-21)19-17(24-5-2)20(3)15(13)23/h5,7-12H2,1-3H3. The van der Waals surface area contributed by atoms with Gasteiger partial charge in [0.25, 0.3) is 5.56 Å². The number of aromatic nitrogens is 4. The molecular weight excluding hydrogens is 322 g/mol. The minimum absolute atomic E-state index is 0.0513. The molecule has 3 heterocycles. The summed E-state index contributed by atoms with van der Waals surface area (Å²) in [6.45, 7) is 6.27.